The molecule has 1 atom stereocenters. The molecular formula is C16H21N3O. The molecule has 0 amide bonds. The average Bonchev–Trinajstić information content (AvgIpc) is 2.82. The minimum Gasteiger partial charge on any atom is -0.496 e. The van der Waals surface area contributed by atoms with Gasteiger partial charge >= 0.3 is 0 Å². The van der Waals surface area contributed by atoms with E-state index in [-0.39, 0.29) is 0 Å². The number of H-pyrrole nitrogens is 1. The second-order valence-electron chi connectivity index (χ2n) is 5.24. The number of para-hydroxylation sites is 1. The van der Waals surface area contributed by atoms with Gasteiger partial charge in [-0.3, -0.25) is 0 Å². The Morgan fingerprint density at radius 3 is 3.00 bits per heavy atom. The number of nitrogens with one attached hydrogen (secondary N) is 2. The summed E-state index contributed by atoms with van der Waals surface area (Å²) >= 11 is 0. The van der Waals surface area contributed by atoms with Crippen LogP contribution in [0.5, 0.6) is 5.75 Å². The molecule has 0 aliphatic carbocycles. The van der Waals surface area contributed by atoms with Gasteiger partial charge in [0.15, 0.2) is 0 Å². The third kappa shape index (κ3) is 2.70. The van der Waals surface area contributed by atoms with Gasteiger partial charge in [0.25, 0.3) is 0 Å². The van der Waals surface area contributed by atoms with E-state index in [2.05, 4.69) is 21.4 Å². The molecule has 4 nitrogen and oxygen atoms in total. The zero-order valence-electron chi connectivity index (χ0n) is 11.9. The first kappa shape index (κ1) is 13.2. The molecule has 2 aromatic rings. The topological polar surface area (TPSA) is 49.9 Å². The molecule has 4 heteroatoms. The van der Waals surface area contributed by atoms with E-state index < -0.39 is 0 Å². The van der Waals surface area contributed by atoms with Crippen molar-refractivity contribution in [2.24, 2.45) is 0 Å². The fraction of sp³-hybridized carbons (Fsp3) is 0.438. The minimum absolute atomic E-state index is 0.348. The third-order valence-electron chi connectivity index (χ3n) is 3.88. The zero-order valence-corrected chi connectivity index (χ0v) is 11.9. The van der Waals surface area contributed by atoms with Crippen molar-refractivity contribution in [3.63, 3.8) is 0 Å². The van der Waals surface area contributed by atoms with Crippen LogP contribution in [0.4, 0.5) is 0 Å². The van der Waals surface area contributed by atoms with Crippen LogP contribution in [0.25, 0.3) is 11.3 Å². The Hall–Kier alpha value is -1.81. The van der Waals surface area contributed by atoms with Gasteiger partial charge in [-0.15, -0.1) is 0 Å². The van der Waals surface area contributed by atoms with E-state index >= 15 is 0 Å². The lowest BCUT2D eigenvalue weighted by Crippen LogP contribution is -2.21. The summed E-state index contributed by atoms with van der Waals surface area (Å²) in [5, 5.41) is 3.57. The maximum Gasteiger partial charge on any atom is 0.128 e. The van der Waals surface area contributed by atoms with Crippen molar-refractivity contribution >= 4 is 0 Å². The molecule has 1 aromatic carbocycles. The number of benzene rings is 1. The van der Waals surface area contributed by atoms with Crippen molar-refractivity contribution in [3.05, 3.63) is 36.3 Å². The quantitative estimate of drug-likeness (QED) is 0.900. The highest BCUT2D eigenvalue weighted by molar-refractivity contribution is 5.66. The smallest absolute Gasteiger partial charge is 0.128 e. The first-order valence-electron chi connectivity index (χ1n) is 7.30. The van der Waals surface area contributed by atoms with Crippen LogP contribution in [0.2, 0.25) is 0 Å². The Balaban J connectivity index is 1.85. The Labute approximate surface area is 119 Å². The molecule has 1 unspecified atom stereocenters. The number of ether oxygens (including phenoxy) is 1. The Bertz CT molecular complexity index is 556. The average molecular weight is 271 g/mol. The van der Waals surface area contributed by atoms with Crippen molar-refractivity contribution in [1.29, 1.82) is 0 Å². The Morgan fingerprint density at radius 1 is 1.20 bits per heavy atom. The highest BCUT2D eigenvalue weighted by Crippen LogP contribution is 2.29. The van der Waals surface area contributed by atoms with E-state index in [9.17, 15) is 0 Å². The second-order valence-corrected chi connectivity index (χ2v) is 5.24. The molecule has 2 N–H and O–H groups in total. The Kier molecular flexibility index (Phi) is 4.02. The monoisotopic (exact) mass is 271 g/mol. The van der Waals surface area contributed by atoms with Gasteiger partial charge in [-0.1, -0.05) is 25.0 Å². The fourth-order valence-corrected chi connectivity index (χ4v) is 2.78. The predicted octanol–water partition coefficient (Wildman–Crippen LogP) is 3.29. The largest absolute Gasteiger partial charge is 0.496 e. The summed E-state index contributed by atoms with van der Waals surface area (Å²) in [5.74, 6) is 1.91. The predicted molar refractivity (Wildman–Crippen MR) is 79.8 cm³/mol. The molecule has 0 saturated carbocycles. The van der Waals surface area contributed by atoms with Crippen LogP contribution in [-0.2, 0) is 0 Å². The summed E-state index contributed by atoms with van der Waals surface area (Å²) in [5.41, 5.74) is 2.07. The summed E-state index contributed by atoms with van der Waals surface area (Å²) in [6.07, 6.45) is 6.89. The van der Waals surface area contributed by atoms with Crippen LogP contribution >= 0.6 is 0 Å². The van der Waals surface area contributed by atoms with Crippen LogP contribution in [0, 0.1) is 0 Å². The number of rotatable bonds is 3. The third-order valence-corrected chi connectivity index (χ3v) is 3.88. The summed E-state index contributed by atoms with van der Waals surface area (Å²) in [7, 11) is 1.70. The fourth-order valence-electron chi connectivity index (χ4n) is 2.78. The van der Waals surface area contributed by atoms with E-state index in [0.717, 1.165) is 35.8 Å². The SMILES string of the molecule is COc1ccccc1-c1cnc(C2CCCCCN2)[nH]1. The number of nitrogens with zero attached hydrogens (tertiary/aromatic N) is 1. The molecule has 0 bridgehead atoms. The van der Waals surface area contributed by atoms with Gasteiger partial charge in [0.1, 0.15) is 11.6 Å². The molecule has 3 rings (SSSR count). The van der Waals surface area contributed by atoms with Crippen molar-refractivity contribution < 1.29 is 4.74 Å². The molecule has 1 aliphatic rings. The van der Waals surface area contributed by atoms with Crippen LogP contribution < -0.4 is 10.1 Å². The zero-order chi connectivity index (χ0) is 13.8. The lowest BCUT2D eigenvalue weighted by atomic mass is 10.1. The highest BCUT2D eigenvalue weighted by atomic mass is 16.5. The Morgan fingerprint density at radius 2 is 2.10 bits per heavy atom. The van der Waals surface area contributed by atoms with Crippen LogP contribution in [0.1, 0.15) is 37.5 Å². The molecule has 1 aromatic heterocycles. The van der Waals surface area contributed by atoms with E-state index in [1.807, 2.05) is 24.4 Å². The van der Waals surface area contributed by atoms with Gasteiger partial charge < -0.3 is 15.0 Å². The van der Waals surface area contributed by atoms with E-state index in [1.54, 1.807) is 7.11 Å². The molecule has 106 valence electrons. The number of aromatic nitrogens is 2. The van der Waals surface area contributed by atoms with Crippen molar-refractivity contribution in [2.75, 3.05) is 13.7 Å². The molecule has 1 aliphatic heterocycles. The summed E-state index contributed by atoms with van der Waals surface area (Å²) in [4.78, 5) is 8.01. The molecule has 0 radical (unpaired) electrons. The highest BCUT2D eigenvalue weighted by Gasteiger charge is 2.17. The number of hydrogen-bond donors (Lipinski definition) is 2. The van der Waals surface area contributed by atoms with Crippen LogP contribution in [0.3, 0.4) is 0 Å². The first-order valence-corrected chi connectivity index (χ1v) is 7.30. The second kappa shape index (κ2) is 6.09. The summed E-state index contributed by atoms with van der Waals surface area (Å²) < 4.78 is 5.41. The lowest BCUT2D eigenvalue weighted by Gasteiger charge is -2.12. The normalized spacial score (nSPS) is 19.6. The standard InChI is InChI=1S/C16H21N3O/c1-20-15-9-5-4-7-12(15)14-11-18-16(19-14)13-8-3-2-6-10-17-13/h4-5,7,9,11,13,17H,2-3,6,8,10H2,1H3,(H,18,19). The lowest BCUT2D eigenvalue weighted by molar-refractivity contribution is 0.416. The van der Waals surface area contributed by atoms with Gasteiger partial charge in [0.2, 0.25) is 0 Å². The van der Waals surface area contributed by atoms with Crippen molar-refractivity contribution in [3.8, 4) is 17.0 Å². The molecule has 20 heavy (non-hydrogen) atoms. The van der Waals surface area contributed by atoms with E-state index in [1.165, 1.54) is 19.3 Å². The molecular weight excluding hydrogens is 250 g/mol. The number of aromatic amines is 1. The maximum absolute atomic E-state index is 5.41. The minimum atomic E-state index is 0.348. The van der Waals surface area contributed by atoms with Gasteiger partial charge in [-0.05, 0) is 31.5 Å². The van der Waals surface area contributed by atoms with Gasteiger partial charge in [-0.2, -0.15) is 0 Å². The summed E-state index contributed by atoms with van der Waals surface area (Å²) in [6, 6.07) is 8.37. The van der Waals surface area contributed by atoms with Gasteiger partial charge in [0.05, 0.1) is 25.0 Å². The van der Waals surface area contributed by atoms with Gasteiger partial charge in [0, 0.05) is 5.56 Å². The molecule has 1 saturated heterocycles. The molecule has 2 heterocycles. The summed E-state index contributed by atoms with van der Waals surface area (Å²) in [6.45, 7) is 1.08. The molecule has 0 spiro atoms. The van der Waals surface area contributed by atoms with Crippen LogP contribution in [-0.4, -0.2) is 23.6 Å². The number of methoxy groups -OCH3 is 1. The van der Waals surface area contributed by atoms with Crippen LogP contribution in [0.15, 0.2) is 30.5 Å². The number of imidazole rings is 1. The maximum atomic E-state index is 5.41. The van der Waals surface area contributed by atoms with Crippen molar-refractivity contribution in [2.45, 2.75) is 31.7 Å². The van der Waals surface area contributed by atoms with Gasteiger partial charge in [-0.25, -0.2) is 4.98 Å². The first-order chi connectivity index (χ1) is 9.88. The number of hydrogen-bond acceptors (Lipinski definition) is 3. The van der Waals surface area contributed by atoms with Crippen molar-refractivity contribution in [1.82, 2.24) is 15.3 Å². The van der Waals surface area contributed by atoms with E-state index in [0.29, 0.717) is 6.04 Å². The molecule has 1 fully saturated rings. The van der Waals surface area contributed by atoms with E-state index in [4.69, 9.17) is 4.74 Å².